The van der Waals surface area contributed by atoms with Gasteiger partial charge in [-0.3, -0.25) is 9.59 Å². The van der Waals surface area contributed by atoms with Crippen molar-refractivity contribution in [3.63, 3.8) is 0 Å². The van der Waals surface area contributed by atoms with Crippen LogP contribution in [0.1, 0.15) is 12.8 Å². The monoisotopic (exact) mass is 676 g/mol. The molecule has 0 saturated carbocycles. The number of carbonyl (C=O) groups is 2. The third-order valence-corrected chi connectivity index (χ3v) is 7.68. The van der Waals surface area contributed by atoms with Crippen LogP contribution in [0.4, 0.5) is 20.2 Å². The molecule has 2 heterocycles. The minimum absolute atomic E-state index is 0.0212. The third kappa shape index (κ3) is 12.8. The Bertz CT molecular complexity index is 1450. The van der Waals surface area contributed by atoms with Crippen LogP contribution in [-0.4, -0.2) is 71.6 Å². The number of amides is 2. The molecule has 41 heavy (non-hydrogen) atoms. The van der Waals surface area contributed by atoms with Crippen LogP contribution in [0.15, 0.2) is 36.4 Å². The Morgan fingerprint density at radius 1 is 0.878 bits per heavy atom. The van der Waals surface area contributed by atoms with Gasteiger partial charge in [-0.2, -0.15) is 0 Å². The fraction of sp³-hybridized carbons (Fsp3) is 0.417. The number of benzene rings is 2. The van der Waals surface area contributed by atoms with E-state index in [9.17, 15) is 35.2 Å². The Morgan fingerprint density at radius 2 is 1.34 bits per heavy atom. The van der Waals surface area contributed by atoms with E-state index in [0.29, 0.717) is 30.9 Å². The third-order valence-electron chi connectivity index (χ3n) is 5.80. The molecule has 2 aromatic carbocycles. The maximum atomic E-state index is 13.3. The minimum Gasteiger partial charge on any atom is -0.326 e. The summed E-state index contributed by atoms with van der Waals surface area (Å²) in [5, 5.41) is 8.38. The summed E-state index contributed by atoms with van der Waals surface area (Å²) in [7, 11) is -1.97. The van der Waals surface area contributed by atoms with E-state index in [-0.39, 0.29) is 34.3 Å². The zero-order valence-corrected chi connectivity index (χ0v) is 25.9. The topological polar surface area (TPSA) is 142 Å². The van der Waals surface area contributed by atoms with Crippen molar-refractivity contribution in [2.45, 2.75) is 12.8 Å². The molecule has 2 aliphatic heterocycles. The van der Waals surface area contributed by atoms with Gasteiger partial charge in [-0.1, -0.05) is 23.2 Å². The van der Waals surface area contributed by atoms with E-state index in [1.165, 1.54) is 28.6 Å². The summed E-state index contributed by atoms with van der Waals surface area (Å²) in [6.45, 7) is 2.02. The Balaban J connectivity index is 0.000000251. The van der Waals surface area contributed by atoms with Gasteiger partial charge in [0.15, 0.2) is 0 Å². The van der Waals surface area contributed by atoms with Gasteiger partial charge < -0.3 is 16.0 Å². The number of sulfonamides is 1. The smallest absolute Gasteiger partial charge is 0.229 e. The first kappa shape index (κ1) is 35.1. The zero-order chi connectivity index (χ0) is 31.0. The maximum Gasteiger partial charge on any atom is 0.229 e. The highest BCUT2D eigenvalue weighted by Gasteiger charge is 2.33. The van der Waals surface area contributed by atoms with Crippen molar-refractivity contribution >= 4 is 76.1 Å². The molecule has 2 atom stereocenters. The van der Waals surface area contributed by atoms with E-state index < -0.39 is 36.6 Å². The van der Waals surface area contributed by atoms with Gasteiger partial charge in [0, 0.05) is 41.7 Å². The van der Waals surface area contributed by atoms with Gasteiger partial charge in [0.25, 0.3) is 0 Å². The van der Waals surface area contributed by atoms with Crippen LogP contribution in [0.5, 0.6) is 0 Å². The van der Waals surface area contributed by atoms with E-state index in [1.54, 1.807) is 6.07 Å². The standard InChI is InChI=1S/C12H14ClFN2O3S.C11H12ClFN2O.CH3ClO2S/c1-20(18,19)16-5-4-8(7-16)12(17)15-9-2-3-10(13)11(14)6-9;12-9-2-1-8(5-10(9)13)15-11(16)7-3-4-14-6-7;1-5(2,3)4/h2-3,6,8H,4-5,7H2,1H3,(H,15,17);1-2,5,7,14H,3-4,6H2,(H,15,16);1H3. The lowest BCUT2D eigenvalue weighted by Crippen LogP contribution is -2.30. The van der Waals surface area contributed by atoms with Crippen molar-refractivity contribution in [3.8, 4) is 0 Å². The van der Waals surface area contributed by atoms with Crippen LogP contribution in [0.25, 0.3) is 0 Å². The number of carbonyl (C=O) groups excluding carboxylic acids is 2. The summed E-state index contributed by atoms with van der Waals surface area (Å²) in [5.74, 6) is -2.00. The number of halogens is 5. The van der Waals surface area contributed by atoms with Crippen molar-refractivity contribution < 1.29 is 35.2 Å². The average Bonchev–Trinajstić information content (AvgIpc) is 3.56. The number of hydrogen-bond acceptors (Lipinski definition) is 7. The summed E-state index contributed by atoms with van der Waals surface area (Å²) in [5.41, 5.74) is 0.744. The predicted octanol–water partition coefficient (Wildman–Crippen LogP) is 3.91. The van der Waals surface area contributed by atoms with Crippen LogP contribution >= 0.6 is 33.9 Å². The maximum absolute atomic E-state index is 13.3. The number of anilines is 2. The van der Waals surface area contributed by atoms with Gasteiger partial charge in [0.1, 0.15) is 11.6 Å². The molecule has 2 amide bonds. The molecule has 3 N–H and O–H groups in total. The lowest BCUT2D eigenvalue weighted by atomic mass is 10.1. The molecule has 4 rings (SSSR count). The first-order valence-electron chi connectivity index (χ1n) is 12.0. The zero-order valence-electron chi connectivity index (χ0n) is 22.0. The summed E-state index contributed by atoms with van der Waals surface area (Å²) >= 11 is 11.1. The van der Waals surface area contributed by atoms with E-state index >= 15 is 0 Å². The first-order valence-corrected chi connectivity index (χ1v) is 17.3. The van der Waals surface area contributed by atoms with Gasteiger partial charge in [0.05, 0.1) is 34.4 Å². The van der Waals surface area contributed by atoms with Crippen molar-refractivity contribution in [1.29, 1.82) is 0 Å². The molecular weight excluding hydrogens is 649 g/mol. The highest BCUT2D eigenvalue weighted by atomic mass is 35.7. The quantitative estimate of drug-likeness (QED) is 0.408. The molecule has 0 aromatic heterocycles. The van der Waals surface area contributed by atoms with Crippen LogP contribution in [0.3, 0.4) is 0 Å². The Morgan fingerprint density at radius 3 is 1.71 bits per heavy atom. The van der Waals surface area contributed by atoms with Crippen LogP contribution in [0, 0.1) is 23.5 Å². The molecule has 2 unspecified atom stereocenters. The lowest BCUT2D eigenvalue weighted by molar-refractivity contribution is -0.120. The molecular formula is C24H29Cl3F2N4O6S2. The fourth-order valence-electron chi connectivity index (χ4n) is 3.76. The lowest BCUT2D eigenvalue weighted by Gasteiger charge is -2.13. The second-order valence-corrected chi connectivity index (χ2v) is 15.1. The number of rotatable bonds is 5. The second-order valence-electron chi connectivity index (χ2n) is 9.21. The molecule has 17 heteroatoms. The van der Waals surface area contributed by atoms with Crippen molar-refractivity contribution in [2.75, 3.05) is 49.3 Å². The predicted molar refractivity (Wildman–Crippen MR) is 156 cm³/mol. The Hall–Kier alpha value is -2.07. The highest BCUT2D eigenvalue weighted by molar-refractivity contribution is 8.13. The molecule has 2 aromatic rings. The number of nitrogens with zero attached hydrogens (tertiary/aromatic N) is 1. The number of nitrogens with one attached hydrogen (secondary N) is 3. The minimum atomic E-state index is -3.28. The van der Waals surface area contributed by atoms with E-state index in [2.05, 4.69) is 26.6 Å². The SMILES string of the molecule is CS(=O)(=O)Cl.CS(=O)(=O)N1CCC(C(=O)Nc2ccc(Cl)c(F)c2)C1.O=C(Nc1ccc(Cl)c(F)c1)C1CCNC1. The Labute approximate surface area is 252 Å². The molecule has 10 nitrogen and oxygen atoms in total. The largest absolute Gasteiger partial charge is 0.326 e. The summed E-state index contributed by atoms with van der Waals surface area (Å²) in [6.07, 6.45) is 3.31. The van der Waals surface area contributed by atoms with Gasteiger partial charge in [-0.15, -0.1) is 0 Å². The molecule has 2 saturated heterocycles. The summed E-state index contributed by atoms with van der Waals surface area (Å²) in [6, 6.07) is 8.22. The molecule has 0 spiro atoms. The number of hydrogen-bond donors (Lipinski definition) is 3. The summed E-state index contributed by atoms with van der Waals surface area (Å²) < 4.78 is 69.2. The van der Waals surface area contributed by atoms with Crippen LogP contribution in [0.2, 0.25) is 10.0 Å². The average molecular weight is 678 g/mol. The second kappa shape index (κ2) is 15.4. The van der Waals surface area contributed by atoms with Gasteiger partial charge >= 0.3 is 0 Å². The summed E-state index contributed by atoms with van der Waals surface area (Å²) in [4.78, 5) is 23.7. The normalized spacial score (nSPS) is 18.9. The van der Waals surface area contributed by atoms with Crippen molar-refractivity contribution in [2.24, 2.45) is 11.8 Å². The van der Waals surface area contributed by atoms with Crippen LogP contribution in [-0.2, 0) is 28.7 Å². The van der Waals surface area contributed by atoms with Crippen molar-refractivity contribution in [1.82, 2.24) is 9.62 Å². The molecule has 2 fully saturated rings. The highest BCUT2D eigenvalue weighted by Crippen LogP contribution is 2.23. The van der Waals surface area contributed by atoms with Crippen molar-refractivity contribution in [3.05, 3.63) is 58.1 Å². The first-order chi connectivity index (χ1) is 18.9. The van der Waals surface area contributed by atoms with Gasteiger partial charge in [0.2, 0.25) is 30.9 Å². The van der Waals surface area contributed by atoms with E-state index in [1.807, 2.05) is 0 Å². The van der Waals surface area contributed by atoms with Crippen LogP contribution < -0.4 is 16.0 Å². The van der Waals surface area contributed by atoms with Gasteiger partial charge in [-0.05, 0) is 55.8 Å². The molecule has 0 radical (unpaired) electrons. The fourth-order valence-corrected chi connectivity index (χ4v) is 4.88. The molecule has 228 valence electrons. The molecule has 2 aliphatic rings. The Kier molecular flexibility index (Phi) is 13.2. The van der Waals surface area contributed by atoms with E-state index in [4.69, 9.17) is 23.2 Å². The van der Waals surface area contributed by atoms with E-state index in [0.717, 1.165) is 31.5 Å². The van der Waals surface area contributed by atoms with Gasteiger partial charge in [-0.25, -0.2) is 29.9 Å². The molecule has 0 bridgehead atoms. The molecule has 0 aliphatic carbocycles.